The summed E-state index contributed by atoms with van der Waals surface area (Å²) in [6, 6.07) is 0.940. The standard InChI is InChI=1S/C38H79BrO3Si/c1-40-43(41-2,42-3)38-36-34-32-30-28-26-24-22-20-18-16-14-12-10-8-6-4-5-7-9-11-13-15-17-19-21-23-25-27-29-31-33-35-37-39/h4-38H2,1-3H3. The highest BCUT2D eigenvalue weighted by atomic mass is 79.9. The Bertz CT molecular complexity index is 495. The SMILES string of the molecule is CO[Si](CCCCCCCCCCCCCCCCCCCCCCCCCCCCCCCCCCCBr)(OC)OC. The summed E-state index contributed by atoms with van der Waals surface area (Å²) in [7, 11) is 2.79. The second-order valence-corrected chi connectivity index (χ2v) is 17.3. The molecule has 260 valence electrons. The Morgan fingerprint density at radius 2 is 0.442 bits per heavy atom. The molecule has 0 saturated heterocycles. The normalized spacial score (nSPS) is 12.0. The van der Waals surface area contributed by atoms with Crippen LogP contribution in [0.4, 0.5) is 0 Å². The van der Waals surface area contributed by atoms with Crippen LogP contribution in [0.1, 0.15) is 212 Å². The molecule has 0 spiro atoms. The van der Waals surface area contributed by atoms with Gasteiger partial charge in [-0.3, -0.25) is 0 Å². The Morgan fingerprint density at radius 3 is 0.605 bits per heavy atom. The number of unbranched alkanes of at least 4 members (excludes halogenated alkanes) is 32. The number of hydrogen-bond acceptors (Lipinski definition) is 3. The van der Waals surface area contributed by atoms with Gasteiger partial charge in [0.2, 0.25) is 0 Å². The first-order valence-corrected chi connectivity index (χ1v) is 22.5. The van der Waals surface area contributed by atoms with Gasteiger partial charge in [-0.2, -0.15) is 0 Å². The van der Waals surface area contributed by atoms with Crippen molar-refractivity contribution in [1.82, 2.24) is 0 Å². The molecule has 0 bridgehead atoms. The maximum atomic E-state index is 5.50. The first-order valence-electron chi connectivity index (χ1n) is 19.5. The van der Waals surface area contributed by atoms with Gasteiger partial charge in [0.05, 0.1) is 0 Å². The molecular weight excluding hydrogens is 612 g/mol. The van der Waals surface area contributed by atoms with E-state index in [9.17, 15) is 0 Å². The second kappa shape index (κ2) is 37.0. The fraction of sp³-hybridized carbons (Fsp3) is 1.00. The van der Waals surface area contributed by atoms with Gasteiger partial charge < -0.3 is 13.3 Å². The Labute approximate surface area is 281 Å². The number of halogens is 1. The maximum absolute atomic E-state index is 5.50. The van der Waals surface area contributed by atoms with Gasteiger partial charge in [0.15, 0.2) is 0 Å². The van der Waals surface area contributed by atoms with Crippen molar-refractivity contribution in [2.45, 2.75) is 218 Å². The van der Waals surface area contributed by atoms with Crippen LogP contribution >= 0.6 is 15.9 Å². The summed E-state index contributed by atoms with van der Waals surface area (Å²) in [5.74, 6) is 0. The molecule has 0 saturated carbocycles. The van der Waals surface area contributed by atoms with Crippen molar-refractivity contribution in [2.75, 3.05) is 26.7 Å². The second-order valence-electron chi connectivity index (χ2n) is 13.4. The summed E-state index contributed by atoms with van der Waals surface area (Å²) < 4.78 is 16.5. The van der Waals surface area contributed by atoms with E-state index in [0.717, 1.165) is 12.5 Å². The van der Waals surface area contributed by atoms with E-state index >= 15 is 0 Å². The molecule has 0 rings (SSSR count). The maximum Gasteiger partial charge on any atom is 0.500 e. The topological polar surface area (TPSA) is 27.7 Å². The Kier molecular flexibility index (Phi) is 37.5. The predicted octanol–water partition coefficient (Wildman–Crippen LogP) is 14.1. The lowest BCUT2D eigenvalue weighted by atomic mass is 10.0. The van der Waals surface area contributed by atoms with Crippen LogP contribution in [0.5, 0.6) is 0 Å². The zero-order valence-electron chi connectivity index (χ0n) is 29.9. The quantitative estimate of drug-likeness (QED) is 0.0366. The third kappa shape index (κ3) is 32.3. The van der Waals surface area contributed by atoms with Crippen LogP contribution in [0, 0.1) is 0 Å². The largest absolute Gasteiger partial charge is 0.500 e. The van der Waals surface area contributed by atoms with Crippen LogP contribution in [-0.4, -0.2) is 35.5 Å². The summed E-state index contributed by atoms with van der Waals surface area (Å²) in [6.07, 6.45) is 47.5. The van der Waals surface area contributed by atoms with Crippen molar-refractivity contribution >= 4 is 24.7 Å². The molecule has 0 aliphatic heterocycles. The van der Waals surface area contributed by atoms with E-state index in [0.29, 0.717) is 0 Å². The van der Waals surface area contributed by atoms with Crippen molar-refractivity contribution in [1.29, 1.82) is 0 Å². The molecule has 43 heavy (non-hydrogen) atoms. The highest BCUT2D eigenvalue weighted by Gasteiger charge is 2.36. The lowest BCUT2D eigenvalue weighted by molar-refractivity contribution is 0.122. The van der Waals surface area contributed by atoms with Crippen LogP contribution in [0.25, 0.3) is 0 Å². The van der Waals surface area contributed by atoms with E-state index in [1.165, 1.54) is 211 Å². The minimum atomic E-state index is -2.34. The van der Waals surface area contributed by atoms with Crippen molar-refractivity contribution < 1.29 is 13.3 Å². The fourth-order valence-electron chi connectivity index (χ4n) is 6.47. The average molecular weight is 692 g/mol. The molecule has 0 aliphatic carbocycles. The Morgan fingerprint density at radius 1 is 0.279 bits per heavy atom. The molecule has 0 fully saturated rings. The summed E-state index contributed by atoms with van der Waals surface area (Å²) >= 11 is 3.52. The van der Waals surface area contributed by atoms with Gasteiger partial charge >= 0.3 is 8.80 Å². The van der Waals surface area contributed by atoms with E-state index < -0.39 is 8.80 Å². The van der Waals surface area contributed by atoms with Crippen LogP contribution in [-0.2, 0) is 13.3 Å². The number of alkyl halides is 1. The third-order valence-corrected chi connectivity index (χ3v) is 12.9. The minimum absolute atomic E-state index is 0.940. The lowest BCUT2D eigenvalue weighted by Crippen LogP contribution is -2.42. The number of hydrogen-bond donors (Lipinski definition) is 0. The van der Waals surface area contributed by atoms with Crippen molar-refractivity contribution in [3.8, 4) is 0 Å². The first-order chi connectivity index (χ1) is 21.2. The molecular formula is C38H79BrO3Si. The molecule has 0 amide bonds. The molecule has 0 aliphatic rings. The Balaban J connectivity index is 3.12. The molecule has 0 heterocycles. The molecule has 0 radical (unpaired) electrons. The Hall–Kier alpha value is 0.577. The van der Waals surface area contributed by atoms with E-state index in [4.69, 9.17) is 13.3 Å². The average Bonchev–Trinajstić information content (AvgIpc) is 3.03. The van der Waals surface area contributed by atoms with Crippen molar-refractivity contribution in [3.05, 3.63) is 0 Å². The van der Waals surface area contributed by atoms with Gasteiger partial charge in [0.25, 0.3) is 0 Å². The van der Waals surface area contributed by atoms with E-state index in [-0.39, 0.29) is 0 Å². The van der Waals surface area contributed by atoms with Crippen LogP contribution in [0.2, 0.25) is 6.04 Å². The zero-order valence-corrected chi connectivity index (χ0v) is 32.4. The van der Waals surface area contributed by atoms with Gasteiger partial charge in [-0.15, -0.1) is 0 Å². The zero-order chi connectivity index (χ0) is 31.4. The smallest absolute Gasteiger partial charge is 0.377 e. The summed E-state index contributed by atoms with van der Waals surface area (Å²) in [5, 5.41) is 1.18. The molecule has 0 aromatic rings. The first kappa shape index (κ1) is 43.6. The van der Waals surface area contributed by atoms with Crippen LogP contribution in [0.15, 0.2) is 0 Å². The molecule has 3 nitrogen and oxygen atoms in total. The third-order valence-electron chi connectivity index (χ3n) is 9.55. The van der Waals surface area contributed by atoms with Crippen LogP contribution < -0.4 is 0 Å². The molecule has 0 unspecified atom stereocenters. The number of rotatable bonds is 38. The molecule has 0 aromatic carbocycles. The van der Waals surface area contributed by atoms with Gasteiger partial charge in [-0.1, -0.05) is 215 Å². The molecule has 0 atom stereocenters. The van der Waals surface area contributed by atoms with Crippen molar-refractivity contribution in [2.24, 2.45) is 0 Å². The van der Waals surface area contributed by atoms with Gasteiger partial charge in [-0.05, 0) is 12.8 Å². The fourth-order valence-corrected chi connectivity index (χ4v) is 8.66. The summed E-state index contributed by atoms with van der Waals surface area (Å²) in [5.41, 5.74) is 0. The van der Waals surface area contributed by atoms with Gasteiger partial charge in [0, 0.05) is 32.7 Å². The summed E-state index contributed by atoms with van der Waals surface area (Å²) in [6.45, 7) is 0. The molecule has 0 aromatic heterocycles. The predicted molar refractivity (Wildman–Crippen MR) is 198 cm³/mol. The van der Waals surface area contributed by atoms with E-state index in [1.54, 1.807) is 21.3 Å². The highest BCUT2D eigenvalue weighted by molar-refractivity contribution is 9.09. The van der Waals surface area contributed by atoms with Crippen molar-refractivity contribution in [3.63, 3.8) is 0 Å². The van der Waals surface area contributed by atoms with E-state index in [1.807, 2.05) is 0 Å². The monoisotopic (exact) mass is 690 g/mol. The molecule has 0 N–H and O–H groups in total. The van der Waals surface area contributed by atoms with Gasteiger partial charge in [-0.25, -0.2) is 0 Å². The minimum Gasteiger partial charge on any atom is -0.377 e. The van der Waals surface area contributed by atoms with Gasteiger partial charge in [0.1, 0.15) is 0 Å². The van der Waals surface area contributed by atoms with Crippen LogP contribution in [0.3, 0.4) is 0 Å². The lowest BCUT2D eigenvalue weighted by Gasteiger charge is -2.24. The molecule has 5 heteroatoms. The highest BCUT2D eigenvalue weighted by Crippen LogP contribution is 2.19. The summed E-state index contributed by atoms with van der Waals surface area (Å²) in [4.78, 5) is 0. The van der Waals surface area contributed by atoms with E-state index in [2.05, 4.69) is 15.9 Å².